The fraction of sp³-hybridized carbons (Fsp3) is 0.667. The maximum absolute atomic E-state index is 5.47. The Morgan fingerprint density at radius 2 is 2.23 bits per heavy atom. The zero-order valence-corrected chi connectivity index (χ0v) is 13.1. The molecule has 0 spiro atoms. The van der Waals surface area contributed by atoms with Crippen LogP contribution < -0.4 is 5.32 Å². The van der Waals surface area contributed by atoms with Gasteiger partial charge in [-0.25, -0.2) is 0 Å². The van der Waals surface area contributed by atoms with Gasteiger partial charge in [-0.2, -0.15) is 10.1 Å². The Kier molecular flexibility index (Phi) is 4.84. The second kappa shape index (κ2) is 7.02. The molecule has 2 unspecified atom stereocenters. The van der Waals surface area contributed by atoms with E-state index in [1.807, 2.05) is 23.9 Å². The van der Waals surface area contributed by atoms with Crippen LogP contribution in [0.4, 0.5) is 0 Å². The van der Waals surface area contributed by atoms with Crippen molar-refractivity contribution in [1.82, 2.24) is 25.2 Å². The van der Waals surface area contributed by atoms with Crippen LogP contribution in [-0.2, 0) is 11.3 Å². The monoisotopic (exact) mass is 305 g/mol. The summed E-state index contributed by atoms with van der Waals surface area (Å²) in [6, 6.07) is 2.25. The van der Waals surface area contributed by atoms with E-state index in [-0.39, 0.29) is 12.1 Å². The molecule has 3 heterocycles. The van der Waals surface area contributed by atoms with E-state index >= 15 is 0 Å². The molecule has 0 bridgehead atoms. The summed E-state index contributed by atoms with van der Waals surface area (Å²) < 4.78 is 12.8. The topological polar surface area (TPSA) is 78.0 Å². The zero-order chi connectivity index (χ0) is 15.4. The average Bonchev–Trinajstić information content (AvgIpc) is 3.17. The predicted molar refractivity (Wildman–Crippen MR) is 80.1 cm³/mol. The van der Waals surface area contributed by atoms with Gasteiger partial charge in [0.2, 0.25) is 5.89 Å². The molecular formula is C15H23N5O2. The quantitative estimate of drug-likeness (QED) is 0.875. The summed E-state index contributed by atoms with van der Waals surface area (Å²) in [5.41, 5.74) is 0. The fourth-order valence-electron chi connectivity index (χ4n) is 2.95. The molecule has 3 rings (SSSR count). The Morgan fingerprint density at radius 3 is 2.86 bits per heavy atom. The van der Waals surface area contributed by atoms with E-state index in [4.69, 9.17) is 9.26 Å². The van der Waals surface area contributed by atoms with E-state index in [9.17, 15) is 0 Å². The molecule has 0 saturated carbocycles. The van der Waals surface area contributed by atoms with Gasteiger partial charge in [0, 0.05) is 31.6 Å². The van der Waals surface area contributed by atoms with Crippen LogP contribution in [0.5, 0.6) is 0 Å². The summed E-state index contributed by atoms with van der Waals surface area (Å²) in [7, 11) is 0. The van der Waals surface area contributed by atoms with Gasteiger partial charge >= 0.3 is 0 Å². The first-order chi connectivity index (χ1) is 10.7. The first-order valence-corrected chi connectivity index (χ1v) is 7.84. The first-order valence-electron chi connectivity index (χ1n) is 7.84. The van der Waals surface area contributed by atoms with Gasteiger partial charge in [-0.05, 0) is 38.7 Å². The Bertz CT molecular complexity index is 562. The van der Waals surface area contributed by atoms with Crippen LogP contribution in [0.1, 0.15) is 37.5 Å². The summed E-state index contributed by atoms with van der Waals surface area (Å²) in [5.74, 6) is 1.80. The van der Waals surface area contributed by atoms with Gasteiger partial charge in [0.15, 0.2) is 5.82 Å². The molecule has 120 valence electrons. The lowest BCUT2D eigenvalue weighted by Gasteiger charge is -2.30. The van der Waals surface area contributed by atoms with Gasteiger partial charge in [0.1, 0.15) is 0 Å². The summed E-state index contributed by atoms with van der Waals surface area (Å²) in [5, 5.41) is 11.8. The molecule has 7 nitrogen and oxygen atoms in total. The summed E-state index contributed by atoms with van der Waals surface area (Å²) in [6.45, 7) is 6.39. The number of nitrogens with one attached hydrogen (secondary N) is 1. The molecule has 1 N–H and O–H groups in total. The Balaban J connectivity index is 1.70. The molecule has 7 heteroatoms. The standard InChI is InChI=1S/C15H23N5O2/c1-11(10-20-7-3-6-16-20)17-14(13-4-8-21-9-5-13)15-18-12(2)19-22-15/h3,6-7,11,13-14,17H,4-5,8-10H2,1-2H3. The molecule has 22 heavy (non-hydrogen) atoms. The minimum Gasteiger partial charge on any atom is -0.381 e. The predicted octanol–water partition coefficient (Wildman–Crippen LogP) is 1.72. The van der Waals surface area contributed by atoms with E-state index in [0.717, 1.165) is 32.6 Å². The molecule has 1 fully saturated rings. The molecule has 1 aliphatic rings. The summed E-state index contributed by atoms with van der Waals surface area (Å²) >= 11 is 0. The number of hydrogen-bond acceptors (Lipinski definition) is 6. The molecule has 2 atom stereocenters. The van der Waals surface area contributed by atoms with Crippen molar-refractivity contribution in [2.45, 2.75) is 45.3 Å². The van der Waals surface area contributed by atoms with Gasteiger partial charge < -0.3 is 14.6 Å². The molecule has 0 aromatic carbocycles. The number of aryl methyl sites for hydroxylation is 1. The van der Waals surface area contributed by atoms with Crippen molar-refractivity contribution in [2.75, 3.05) is 13.2 Å². The normalized spacial score (nSPS) is 19.2. The third-order valence-electron chi connectivity index (χ3n) is 4.03. The van der Waals surface area contributed by atoms with Crippen molar-refractivity contribution >= 4 is 0 Å². The van der Waals surface area contributed by atoms with Crippen LogP contribution in [0, 0.1) is 12.8 Å². The van der Waals surface area contributed by atoms with Crippen molar-refractivity contribution in [1.29, 1.82) is 0 Å². The van der Waals surface area contributed by atoms with Crippen molar-refractivity contribution in [3.05, 3.63) is 30.2 Å². The van der Waals surface area contributed by atoms with E-state index in [2.05, 4.69) is 27.5 Å². The van der Waals surface area contributed by atoms with Crippen molar-refractivity contribution < 1.29 is 9.26 Å². The molecule has 0 amide bonds. The Hall–Kier alpha value is -1.73. The molecule has 2 aromatic heterocycles. The summed E-state index contributed by atoms with van der Waals surface area (Å²) in [6.07, 6.45) is 5.78. The van der Waals surface area contributed by atoms with E-state index in [1.54, 1.807) is 6.20 Å². The number of aromatic nitrogens is 4. The van der Waals surface area contributed by atoms with E-state index < -0.39 is 0 Å². The van der Waals surface area contributed by atoms with Crippen LogP contribution in [0.15, 0.2) is 23.0 Å². The maximum Gasteiger partial charge on any atom is 0.244 e. The fourth-order valence-corrected chi connectivity index (χ4v) is 2.95. The van der Waals surface area contributed by atoms with Crippen LogP contribution in [0.25, 0.3) is 0 Å². The average molecular weight is 305 g/mol. The SMILES string of the molecule is Cc1noc(C(NC(C)Cn2cccn2)C2CCOCC2)n1. The first kappa shape index (κ1) is 15.2. The molecule has 0 aliphatic carbocycles. The third-order valence-corrected chi connectivity index (χ3v) is 4.03. The highest BCUT2D eigenvalue weighted by Crippen LogP contribution is 2.29. The van der Waals surface area contributed by atoms with E-state index in [0.29, 0.717) is 17.6 Å². The van der Waals surface area contributed by atoms with Crippen molar-refractivity contribution in [3.8, 4) is 0 Å². The van der Waals surface area contributed by atoms with Gasteiger partial charge in [0.05, 0.1) is 12.6 Å². The lowest BCUT2D eigenvalue weighted by molar-refractivity contribution is 0.0466. The second-order valence-electron chi connectivity index (χ2n) is 5.90. The lowest BCUT2D eigenvalue weighted by Crippen LogP contribution is -2.39. The van der Waals surface area contributed by atoms with Gasteiger partial charge in [0.25, 0.3) is 0 Å². The largest absolute Gasteiger partial charge is 0.381 e. The highest BCUT2D eigenvalue weighted by Gasteiger charge is 2.30. The molecule has 1 aliphatic heterocycles. The Morgan fingerprint density at radius 1 is 1.41 bits per heavy atom. The lowest BCUT2D eigenvalue weighted by atomic mass is 9.91. The highest BCUT2D eigenvalue weighted by atomic mass is 16.5. The summed E-state index contributed by atoms with van der Waals surface area (Å²) in [4.78, 5) is 4.43. The number of rotatable bonds is 6. The van der Waals surface area contributed by atoms with Crippen molar-refractivity contribution in [2.24, 2.45) is 5.92 Å². The minimum absolute atomic E-state index is 0.0654. The Labute approximate surface area is 130 Å². The van der Waals surface area contributed by atoms with Crippen molar-refractivity contribution in [3.63, 3.8) is 0 Å². The van der Waals surface area contributed by atoms with Crippen LogP contribution in [-0.4, -0.2) is 39.2 Å². The van der Waals surface area contributed by atoms with Gasteiger partial charge in [-0.15, -0.1) is 0 Å². The van der Waals surface area contributed by atoms with Gasteiger partial charge in [-0.3, -0.25) is 4.68 Å². The number of hydrogen-bond donors (Lipinski definition) is 1. The molecule has 0 radical (unpaired) electrons. The second-order valence-corrected chi connectivity index (χ2v) is 5.90. The highest BCUT2D eigenvalue weighted by molar-refractivity contribution is 4.96. The smallest absolute Gasteiger partial charge is 0.244 e. The third kappa shape index (κ3) is 3.72. The minimum atomic E-state index is 0.0654. The van der Waals surface area contributed by atoms with E-state index in [1.165, 1.54) is 0 Å². The number of nitrogens with zero attached hydrogens (tertiary/aromatic N) is 4. The maximum atomic E-state index is 5.47. The molecule has 1 saturated heterocycles. The zero-order valence-electron chi connectivity index (χ0n) is 13.1. The van der Waals surface area contributed by atoms with Crippen LogP contribution >= 0.6 is 0 Å². The van der Waals surface area contributed by atoms with Crippen LogP contribution in [0.3, 0.4) is 0 Å². The van der Waals surface area contributed by atoms with Gasteiger partial charge in [-0.1, -0.05) is 5.16 Å². The van der Waals surface area contributed by atoms with Crippen LogP contribution in [0.2, 0.25) is 0 Å². The number of ether oxygens (including phenoxy) is 1. The molecule has 2 aromatic rings. The molecular weight excluding hydrogens is 282 g/mol.